The number of likely N-dealkylation sites (N-methyl/N-ethyl adjacent to an activating group) is 1. The molecule has 1 N–H and O–H groups in total. The monoisotopic (exact) mass is 320 g/mol. The van der Waals surface area contributed by atoms with Crippen LogP contribution in [0.2, 0.25) is 0 Å². The lowest BCUT2D eigenvalue weighted by molar-refractivity contribution is -0.120. The first-order valence-corrected chi connectivity index (χ1v) is 8.28. The van der Waals surface area contributed by atoms with Gasteiger partial charge in [0.1, 0.15) is 0 Å². The molecule has 0 spiro atoms. The maximum absolute atomic E-state index is 12.5. The van der Waals surface area contributed by atoms with Gasteiger partial charge in [-0.2, -0.15) is 0 Å². The molecule has 1 atom stereocenters. The Morgan fingerprint density at radius 2 is 1.91 bits per heavy atom. The summed E-state index contributed by atoms with van der Waals surface area (Å²) in [6, 6.07) is 5.23. The van der Waals surface area contributed by atoms with Crippen molar-refractivity contribution in [1.82, 2.24) is 4.90 Å². The van der Waals surface area contributed by atoms with E-state index in [2.05, 4.69) is 10.2 Å². The van der Waals surface area contributed by atoms with E-state index < -0.39 is 0 Å². The summed E-state index contributed by atoms with van der Waals surface area (Å²) in [4.78, 5) is 14.6. The Balaban J connectivity index is 1.94. The van der Waals surface area contributed by atoms with Crippen molar-refractivity contribution in [3.8, 4) is 11.5 Å². The molecule has 1 unspecified atom stereocenters. The van der Waals surface area contributed by atoms with Crippen LogP contribution in [0.25, 0.3) is 0 Å². The van der Waals surface area contributed by atoms with Crippen LogP contribution in [0.1, 0.15) is 32.6 Å². The summed E-state index contributed by atoms with van der Waals surface area (Å²) in [6.07, 6.45) is 5.22. The summed E-state index contributed by atoms with van der Waals surface area (Å²) >= 11 is 0. The number of ether oxygens (including phenoxy) is 2. The summed E-state index contributed by atoms with van der Waals surface area (Å²) in [6.45, 7) is 2.94. The van der Waals surface area contributed by atoms with Gasteiger partial charge in [-0.05, 0) is 44.9 Å². The number of rotatable bonds is 7. The second kappa shape index (κ2) is 8.20. The van der Waals surface area contributed by atoms with Crippen LogP contribution >= 0.6 is 0 Å². The highest BCUT2D eigenvalue weighted by molar-refractivity contribution is 5.94. The topological polar surface area (TPSA) is 50.8 Å². The van der Waals surface area contributed by atoms with Crippen molar-refractivity contribution >= 4 is 11.6 Å². The highest BCUT2D eigenvalue weighted by Gasteiger charge is 2.23. The van der Waals surface area contributed by atoms with E-state index in [0.29, 0.717) is 17.2 Å². The van der Waals surface area contributed by atoms with Gasteiger partial charge >= 0.3 is 0 Å². The van der Waals surface area contributed by atoms with E-state index >= 15 is 0 Å². The van der Waals surface area contributed by atoms with Crippen molar-refractivity contribution in [2.75, 3.05) is 33.1 Å². The van der Waals surface area contributed by atoms with Crippen LogP contribution in [-0.4, -0.2) is 44.7 Å². The van der Waals surface area contributed by atoms with Gasteiger partial charge in [-0.3, -0.25) is 9.69 Å². The van der Waals surface area contributed by atoms with E-state index in [0.717, 1.165) is 12.5 Å². The molecule has 1 fully saturated rings. The van der Waals surface area contributed by atoms with Crippen molar-refractivity contribution in [3.05, 3.63) is 18.2 Å². The van der Waals surface area contributed by atoms with Gasteiger partial charge in [-0.25, -0.2) is 0 Å². The molecule has 0 aliphatic heterocycles. The van der Waals surface area contributed by atoms with Crippen LogP contribution in [-0.2, 0) is 4.79 Å². The highest BCUT2D eigenvalue weighted by atomic mass is 16.5. The molecule has 0 bridgehead atoms. The molecule has 0 radical (unpaired) electrons. The summed E-state index contributed by atoms with van der Waals surface area (Å²) in [5.41, 5.74) is 0.716. The first kappa shape index (κ1) is 17.6. The molecular weight excluding hydrogens is 292 g/mol. The van der Waals surface area contributed by atoms with Crippen molar-refractivity contribution in [2.45, 2.75) is 38.6 Å². The third-order valence-corrected chi connectivity index (χ3v) is 4.71. The van der Waals surface area contributed by atoms with Crippen LogP contribution in [0.4, 0.5) is 5.69 Å². The standard InChI is InChI=1S/C18H28N2O3/c1-13(20(2)12-14-7-5-6-8-14)18(21)19-15-9-10-16(22-3)17(11-15)23-4/h9-11,13-14H,5-8,12H2,1-4H3,(H,19,21). The van der Waals surface area contributed by atoms with E-state index in [4.69, 9.17) is 9.47 Å². The number of methoxy groups -OCH3 is 2. The maximum Gasteiger partial charge on any atom is 0.241 e. The van der Waals surface area contributed by atoms with E-state index in [-0.39, 0.29) is 11.9 Å². The Morgan fingerprint density at radius 1 is 1.26 bits per heavy atom. The average molecular weight is 320 g/mol. The van der Waals surface area contributed by atoms with Crippen LogP contribution in [0.5, 0.6) is 11.5 Å². The van der Waals surface area contributed by atoms with Crippen LogP contribution in [0.3, 0.4) is 0 Å². The zero-order valence-corrected chi connectivity index (χ0v) is 14.6. The van der Waals surface area contributed by atoms with Gasteiger partial charge < -0.3 is 14.8 Å². The van der Waals surface area contributed by atoms with Gasteiger partial charge in [0.2, 0.25) is 5.91 Å². The molecule has 0 aromatic heterocycles. The van der Waals surface area contributed by atoms with E-state index in [1.54, 1.807) is 26.4 Å². The van der Waals surface area contributed by atoms with E-state index in [1.165, 1.54) is 25.7 Å². The molecular formula is C18H28N2O3. The molecule has 1 amide bonds. The molecule has 2 rings (SSSR count). The molecule has 1 aliphatic rings. The molecule has 5 nitrogen and oxygen atoms in total. The second-order valence-electron chi connectivity index (χ2n) is 6.33. The fourth-order valence-corrected chi connectivity index (χ4v) is 3.12. The Labute approximate surface area is 139 Å². The van der Waals surface area contributed by atoms with Gasteiger partial charge in [-0.1, -0.05) is 12.8 Å². The number of benzene rings is 1. The van der Waals surface area contributed by atoms with Gasteiger partial charge in [0.25, 0.3) is 0 Å². The predicted octanol–water partition coefficient (Wildman–Crippen LogP) is 3.15. The number of nitrogens with one attached hydrogen (secondary N) is 1. The minimum absolute atomic E-state index is 0.00211. The average Bonchev–Trinajstić information content (AvgIpc) is 3.06. The molecule has 0 heterocycles. The Hall–Kier alpha value is -1.75. The summed E-state index contributed by atoms with van der Waals surface area (Å²) in [5.74, 6) is 1.99. The number of carbonyl (C=O) groups excluding carboxylic acids is 1. The van der Waals surface area contributed by atoms with Gasteiger partial charge in [0.05, 0.1) is 20.3 Å². The summed E-state index contributed by atoms with van der Waals surface area (Å²) in [5, 5.41) is 2.96. The third-order valence-electron chi connectivity index (χ3n) is 4.71. The van der Waals surface area contributed by atoms with Gasteiger partial charge in [0, 0.05) is 18.3 Å². The van der Waals surface area contributed by atoms with Crippen molar-refractivity contribution in [1.29, 1.82) is 0 Å². The Morgan fingerprint density at radius 3 is 2.52 bits per heavy atom. The largest absolute Gasteiger partial charge is 0.493 e. The van der Waals surface area contributed by atoms with Crippen molar-refractivity contribution in [3.63, 3.8) is 0 Å². The minimum Gasteiger partial charge on any atom is -0.493 e. The number of hydrogen-bond acceptors (Lipinski definition) is 4. The van der Waals surface area contributed by atoms with Crippen molar-refractivity contribution < 1.29 is 14.3 Å². The van der Waals surface area contributed by atoms with Gasteiger partial charge in [-0.15, -0.1) is 0 Å². The second-order valence-corrected chi connectivity index (χ2v) is 6.33. The number of carbonyl (C=O) groups is 1. The quantitative estimate of drug-likeness (QED) is 0.838. The zero-order valence-electron chi connectivity index (χ0n) is 14.6. The maximum atomic E-state index is 12.5. The molecule has 1 aromatic rings. The fraction of sp³-hybridized carbons (Fsp3) is 0.611. The highest BCUT2D eigenvalue weighted by Crippen LogP contribution is 2.30. The normalized spacial score (nSPS) is 16.4. The summed E-state index contributed by atoms with van der Waals surface area (Å²) < 4.78 is 10.5. The molecule has 1 aromatic carbocycles. The zero-order chi connectivity index (χ0) is 16.8. The molecule has 5 heteroatoms. The smallest absolute Gasteiger partial charge is 0.241 e. The molecule has 128 valence electrons. The Bertz CT molecular complexity index is 527. The lowest BCUT2D eigenvalue weighted by atomic mass is 10.1. The number of hydrogen-bond donors (Lipinski definition) is 1. The fourth-order valence-electron chi connectivity index (χ4n) is 3.12. The molecule has 23 heavy (non-hydrogen) atoms. The van der Waals surface area contributed by atoms with E-state index in [9.17, 15) is 4.79 Å². The molecule has 1 aliphatic carbocycles. The lowest BCUT2D eigenvalue weighted by Gasteiger charge is -2.26. The van der Waals surface area contributed by atoms with Crippen LogP contribution in [0, 0.1) is 5.92 Å². The third kappa shape index (κ3) is 4.61. The summed E-state index contributed by atoms with van der Waals surface area (Å²) in [7, 11) is 5.20. The van der Waals surface area contributed by atoms with Crippen LogP contribution < -0.4 is 14.8 Å². The lowest BCUT2D eigenvalue weighted by Crippen LogP contribution is -2.41. The first-order valence-electron chi connectivity index (χ1n) is 8.28. The molecule has 0 saturated heterocycles. The Kier molecular flexibility index (Phi) is 6.28. The minimum atomic E-state index is -0.163. The van der Waals surface area contributed by atoms with Crippen molar-refractivity contribution in [2.24, 2.45) is 5.92 Å². The SMILES string of the molecule is COc1ccc(NC(=O)C(C)N(C)CC2CCCC2)cc1OC. The van der Waals surface area contributed by atoms with Gasteiger partial charge in [0.15, 0.2) is 11.5 Å². The number of nitrogens with zero attached hydrogens (tertiary/aromatic N) is 1. The number of anilines is 1. The predicted molar refractivity (Wildman–Crippen MR) is 92.2 cm³/mol. The molecule has 1 saturated carbocycles. The first-order chi connectivity index (χ1) is 11.0. The van der Waals surface area contributed by atoms with E-state index in [1.807, 2.05) is 20.0 Å². The number of amides is 1. The van der Waals surface area contributed by atoms with Crippen LogP contribution in [0.15, 0.2) is 18.2 Å².